The summed E-state index contributed by atoms with van der Waals surface area (Å²) in [7, 11) is -3.88. The summed E-state index contributed by atoms with van der Waals surface area (Å²) in [6, 6.07) is 3.97. The maximum absolute atomic E-state index is 12.8. The van der Waals surface area contributed by atoms with Gasteiger partial charge in [0.2, 0.25) is 5.91 Å². The number of carboxylic acids is 1. The number of para-hydroxylation sites is 1. The second kappa shape index (κ2) is 14.5. The molecule has 9 nitrogen and oxygen atoms in total. The Hall–Kier alpha value is -2.62. The normalized spacial score (nSPS) is 11.2. The smallest absolute Gasteiger partial charge is 0.418 e. The predicted molar refractivity (Wildman–Crippen MR) is 125 cm³/mol. The third-order valence-electron chi connectivity index (χ3n) is 5.06. The lowest BCUT2D eigenvalue weighted by atomic mass is 10.1. The minimum atomic E-state index is -3.88. The van der Waals surface area contributed by atoms with Crippen molar-refractivity contribution in [1.29, 1.82) is 0 Å². The summed E-state index contributed by atoms with van der Waals surface area (Å²) in [5, 5.41) is 18.5. The highest BCUT2D eigenvalue weighted by Gasteiger charge is 2.31. The molecule has 0 aromatic heterocycles. The number of anilines is 1. The van der Waals surface area contributed by atoms with Gasteiger partial charge in [-0.25, -0.2) is 18.1 Å². The lowest BCUT2D eigenvalue weighted by Gasteiger charge is -2.23. The Morgan fingerprint density at radius 1 is 0.909 bits per heavy atom. The second-order valence-corrected chi connectivity index (χ2v) is 9.94. The molecular formula is C23H35NO8S. The molecule has 0 bridgehead atoms. The van der Waals surface area contributed by atoms with Crippen LogP contribution in [-0.4, -0.2) is 49.5 Å². The number of carboxylic acid groups (broad SMARTS) is 2. The molecule has 0 aliphatic rings. The average molecular weight is 486 g/mol. The number of imide groups is 1. The molecule has 10 heteroatoms. The van der Waals surface area contributed by atoms with Crippen LogP contribution in [-0.2, 0) is 19.4 Å². The zero-order valence-corrected chi connectivity index (χ0v) is 20.2. The molecule has 1 aromatic rings. The Bertz CT molecular complexity index is 898. The van der Waals surface area contributed by atoms with Crippen molar-refractivity contribution in [3.05, 3.63) is 18.2 Å². The lowest BCUT2D eigenvalue weighted by molar-refractivity contribution is -0.137. The molecule has 1 aromatic carbocycles. The van der Waals surface area contributed by atoms with Crippen molar-refractivity contribution >= 4 is 33.5 Å². The Morgan fingerprint density at radius 3 is 2.06 bits per heavy atom. The van der Waals surface area contributed by atoms with E-state index >= 15 is 0 Å². The highest BCUT2D eigenvalue weighted by atomic mass is 32.2. The Morgan fingerprint density at radius 2 is 1.52 bits per heavy atom. The Kier molecular flexibility index (Phi) is 12.5. The van der Waals surface area contributed by atoms with Gasteiger partial charge < -0.3 is 14.9 Å². The van der Waals surface area contributed by atoms with E-state index in [1.807, 2.05) is 0 Å². The SMILES string of the molecule is CCCCCCCCCCC(=O)N(C(=O)O)c1c(OCCCC(=O)O)cccc1S(C)(=O)=O. The molecule has 0 aliphatic heterocycles. The summed E-state index contributed by atoms with van der Waals surface area (Å²) in [6.45, 7) is 2.07. The summed E-state index contributed by atoms with van der Waals surface area (Å²) in [5.74, 6) is -1.86. The van der Waals surface area contributed by atoms with Crippen LogP contribution in [0.4, 0.5) is 10.5 Å². The van der Waals surface area contributed by atoms with Gasteiger partial charge in [-0.1, -0.05) is 57.9 Å². The summed E-state index contributed by atoms with van der Waals surface area (Å²) in [6.07, 6.45) is 7.19. The van der Waals surface area contributed by atoms with Crippen molar-refractivity contribution in [2.75, 3.05) is 17.8 Å². The maximum atomic E-state index is 12.8. The van der Waals surface area contributed by atoms with E-state index in [2.05, 4.69) is 6.92 Å². The molecular weight excluding hydrogens is 450 g/mol. The molecule has 0 aliphatic carbocycles. The number of hydrogen-bond acceptors (Lipinski definition) is 6. The summed E-state index contributed by atoms with van der Waals surface area (Å²) in [4.78, 5) is 35.6. The molecule has 0 saturated heterocycles. The van der Waals surface area contributed by atoms with E-state index in [1.165, 1.54) is 37.5 Å². The quantitative estimate of drug-likeness (QED) is 0.316. The molecule has 0 spiro atoms. The van der Waals surface area contributed by atoms with Crippen LogP contribution in [0.3, 0.4) is 0 Å². The topological polar surface area (TPSA) is 138 Å². The number of amides is 2. The fourth-order valence-electron chi connectivity index (χ4n) is 3.39. The molecule has 0 fully saturated rings. The largest absolute Gasteiger partial charge is 0.491 e. The minimum Gasteiger partial charge on any atom is -0.491 e. The number of benzene rings is 1. The number of nitrogens with zero attached hydrogens (tertiary/aromatic N) is 1. The number of hydrogen-bond donors (Lipinski definition) is 2. The van der Waals surface area contributed by atoms with Gasteiger partial charge >= 0.3 is 12.1 Å². The molecule has 0 heterocycles. The Labute approximate surface area is 195 Å². The molecule has 2 amide bonds. The van der Waals surface area contributed by atoms with E-state index in [0.717, 1.165) is 31.9 Å². The van der Waals surface area contributed by atoms with Crippen LogP contribution in [0.25, 0.3) is 0 Å². The number of aliphatic carboxylic acids is 1. The second-order valence-electron chi connectivity index (χ2n) is 7.96. The number of rotatable bonds is 16. The average Bonchev–Trinajstić information content (AvgIpc) is 2.72. The number of sulfone groups is 1. The third-order valence-corrected chi connectivity index (χ3v) is 6.19. The van der Waals surface area contributed by atoms with Crippen molar-refractivity contribution in [3.63, 3.8) is 0 Å². The third kappa shape index (κ3) is 10.2. The van der Waals surface area contributed by atoms with Gasteiger partial charge in [-0.15, -0.1) is 0 Å². The van der Waals surface area contributed by atoms with Gasteiger partial charge in [-0.2, -0.15) is 0 Å². The van der Waals surface area contributed by atoms with Crippen molar-refractivity contribution < 1.29 is 37.8 Å². The van der Waals surface area contributed by atoms with E-state index in [0.29, 0.717) is 11.3 Å². The van der Waals surface area contributed by atoms with Crippen LogP contribution in [0.1, 0.15) is 77.6 Å². The van der Waals surface area contributed by atoms with E-state index in [4.69, 9.17) is 9.84 Å². The number of unbranched alkanes of at least 4 members (excludes halogenated alkanes) is 7. The number of carbonyl (C=O) groups excluding carboxylic acids is 1. The first kappa shape index (κ1) is 28.4. The molecule has 1 rings (SSSR count). The van der Waals surface area contributed by atoms with E-state index < -0.39 is 27.8 Å². The van der Waals surface area contributed by atoms with E-state index in [9.17, 15) is 27.9 Å². The molecule has 0 saturated carbocycles. The van der Waals surface area contributed by atoms with Crippen LogP contribution in [0, 0.1) is 0 Å². The lowest BCUT2D eigenvalue weighted by Crippen LogP contribution is -2.37. The monoisotopic (exact) mass is 485 g/mol. The summed E-state index contributed by atoms with van der Waals surface area (Å²) >= 11 is 0. The molecule has 33 heavy (non-hydrogen) atoms. The zero-order chi connectivity index (χ0) is 24.9. The highest BCUT2D eigenvalue weighted by molar-refractivity contribution is 7.90. The van der Waals surface area contributed by atoms with Gasteiger partial charge in [0, 0.05) is 19.1 Å². The number of ether oxygens (including phenoxy) is 1. The fraction of sp³-hybridized carbons (Fsp3) is 0.609. The van der Waals surface area contributed by atoms with Crippen molar-refractivity contribution in [2.24, 2.45) is 0 Å². The van der Waals surface area contributed by atoms with Gasteiger partial charge in [0.15, 0.2) is 9.84 Å². The van der Waals surface area contributed by atoms with Gasteiger partial charge in [0.25, 0.3) is 0 Å². The van der Waals surface area contributed by atoms with Crippen LogP contribution in [0.15, 0.2) is 23.1 Å². The minimum absolute atomic E-state index is 0.0438. The van der Waals surface area contributed by atoms with E-state index in [1.54, 1.807) is 0 Å². The van der Waals surface area contributed by atoms with Gasteiger partial charge in [-0.3, -0.25) is 9.59 Å². The van der Waals surface area contributed by atoms with Crippen molar-refractivity contribution in [3.8, 4) is 5.75 Å². The molecule has 0 radical (unpaired) electrons. The molecule has 0 unspecified atom stereocenters. The van der Waals surface area contributed by atoms with Crippen molar-refractivity contribution in [2.45, 2.75) is 82.4 Å². The first-order chi connectivity index (χ1) is 15.6. The molecule has 2 N–H and O–H groups in total. The van der Waals surface area contributed by atoms with Gasteiger partial charge in [0.1, 0.15) is 11.4 Å². The van der Waals surface area contributed by atoms with Crippen LogP contribution < -0.4 is 9.64 Å². The predicted octanol–water partition coefficient (Wildman–Crippen LogP) is 4.88. The standard InChI is InChI=1S/C23H35NO8S/c1-3-4-5-6-7-8-9-10-15-20(25)24(23(28)29)22-18(32-17-12-16-21(26)27)13-11-14-19(22)33(2,30)31/h11,13-14H,3-10,12,15-17H2,1-2H3,(H,26,27)(H,28,29). The molecule has 186 valence electrons. The number of carbonyl (C=O) groups is 3. The van der Waals surface area contributed by atoms with Crippen molar-refractivity contribution in [1.82, 2.24) is 0 Å². The Balaban J connectivity index is 2.98. The van der Waals surface area contributed by atoms with Crippen LogP contribution >= 0.6 is 0 Å². The first-order valence-corrected chi connectivity index (χ1v) is 13.2. The molecule has 0 atom stereocenters. The maximum Gasteiger partial charge on any atom is 0.418 e. The summed E-state index contributed by atoms with van der Waals surface area (Å²) < 4.78 is 30.1. The van der Waals surface area contributed by atoms with Crippen LogP contribution in [0.2, 0.25) is 0 Å². The summed E-state index contributed by atoms with van der Waals surface area (Å²) in [5.41, 5.74) is -0.354. The highest BCUT2D eigenvalue weighted by Crippen LogP contribution is 2.36. The first-order valence-electron chi connectivity index (χ1n) is 11.3. The fourth-order valence-corrected chi connectivity index (χ4v) is 4.26. The van der Waals surface area contributed by atoms with E-state index in [-0.39, 0.29) is 42.2 Å². The van der Waals surface area contributed by atoms with Gasteiger partial charge in [-0.05, 0) is 25.0 Å². The zero-order valence-electron chi connectivity index (χ0n) is 19.4. The van der Waals surface area contributed by atoms with Crippen LogP contribution in [0.5, 0.6) is 5.75 Å². The van der Waals surface area contributed by atoms with Gasteiger partial charge in [0.05, 0.1) is 11.5 Å².